The van der Waals surface area contributed by atoms with E-state index in [4.69, 9.17) is 5.11 Å². The second-order valence-corrected chi connectivity index (χ2v) is 4.55. The van der Waals surface area contributed by atoms with Crippen molar-refractivity contribution in [2.75, 3.05) is 6.61 Å². The van der Waals surface area contributed by atoms with Gasteiger partial charge in [-0.05, 0) is 51.8 Å². The molecule has 2 unspecified atom stereocenters. The van der Waals surface area contributed by atoms with Crippen LogP contribution < -0.4 is 5.32 Å². The molecule has 0 aliphatic rings. The summed E-state index contributed by atoms with van der Waals surface area (Å²) in [4.78, 5) is 4.49. The van der Waals surface area contributed by atoms with Crippen molar-refractivity contribution in [2.24, 2.45) is 0 Å². The number of hydrogen-bond donors (Lipinski definition) is 2. The van der Waals surface area contributed by atoms with Gasteiger partial charge in [0.25, 0.3) is 0 Å². The van der Waals surface area contributed by atoms with Gasteiger partial charge in [0.05, 0.1) is 6.61 Å². The van der Waals surface area contributed by atoms with Crippen LogP contribution >= 0.6 is 0 Å². The molecule has 0 fully saturated rings. The summed E-state index contributed by atoms with van der Waals surface area (Å²) in [5.74, 6) is 0. The monoisotopic (exact) mass is 222 g/mol. The zero-order valence-corrected chi connectivity index (χ0v) is 10.8. The van der Waals surface area contributed by atoms with E-state index in [1.165, 1.54) is 11.1 Å². The smallest absolute Gasteiger partial charge is 0.0582 e. The van der Waals surface area contributed by atoms with Gasteiger partial charge in [-0.3, -0.25) is 4.98 Å². The molecule has 1 aromatic rings. The van der Waals surface area contributed by atoms with Crippen molar-refractivity contribution < 1.29 is 5.11 Å². The summed E-state index contributed by atoms with van der Waals surface area (Å²) in [6, 6.07) is 2.43. The minimum Gasteiger partial charge on any atom is -0.395 e. The number of aromatic nitrogens is 1. The van der Waals surface area contributed by atoms with Crippen molar-refractivity contribution in [1.82, 2.24) is 10.3 Å². The maximum atomic E-state index is 9.04. The highest BCUT2D eigenvalue weighted by molar-refractivity contribution is 5.33. The van der Waals surface area contributed by atoms with Crippen LogP contribution in [0.15, 0.2) is 6.07 Å². The molecule has 16 heavy (non-hydrogen) atoms. The van der Waals surface area contributed by atoms with E-state index >= 15 is 0 Å². The summed E-state index contributed by atoms with van der Waals surface area (Å²) in [6.45, 7) is 10.4. The van der Waals surface area contributed by atoms with Gasteiger partial charge in [0.2, 0.25) is 0 Å². The number of hydrogen-bond acceptors (Lipinski definition) is 3. The second kappa shape index (κ2) is 5.41. The Morgan fingerprint density at radius 3 is 2.44 bits per heavy atom. The zero-order valence-electron chi connectivity index (χ0n) is 10.8. The van der Waals surface area contributed by atoms with Crippen LogP contribution in [-0.2, 0) is 0 Å². The molecule has 0 aromatic carbocycles. The molecule has 0 saturated carbocycles. The second-order valence-electron chi connectivity index (χ2n) is 4.55. The van der Waals surface area contributed by atoms with Crippen LogP contribution in [0.2, 0.25) is 0 Å². The van der Waals surface area contributed by atoms with Gasteiger partial charge in [0.15, 0.2) is 0 Å². The minimum atomic E-state index is 0.107. The highest BCUT2D eigenvalue weighted by Crippen LogP contribution is 2.21. The normalized spacial score (nSPS) is 14.9. The van der Waals surface area contributed by atoms with Crippen LogP contribution in [0.25, 0.3) is 0 Å². The van der Waals surface area contributed by atoms with Crippen LogP contribution in [0.4, 0.5) is 0 Å². The summed E-state index contributed by atoms with van der Waals surface area (Å²) in [5, 5.41) is 12.4. The molecule has 0 aliphatic heterocycles. The molecule has 0 bridgehead atoms. The third-order valence-corrected chi connectivity index (χ3v) is 2.83. The average molecular weight is 222 g/mol. The number of nitrogens with one attached hydrogen (secondary N) is 1. The molecular formula is C13H22N2O. The van der Waals surface area contributed by atoms with E-state index < -0.39 is 0 Å². The minimum absolute atomic E-state index is 0.107. The summed E-state index contributed by atoms with van der Waals surface area (Å²) < 4.78 is 0. The van der Waals surface area contributed by atoms with Crippen LogP contribution in [-0.4, -0.2) is 22.7 Å². The number of pyridine rings is 1. The molecule has 2 atom stereocenters. The predicted molar refractivity (Wildman–Crippen MR) is 66.5 cm³/mol. The Morgan fingerprint density at radius 1 is 1.31 bits per heavy atom. The van der Waals surface area contributed by atoms with E-state index in [2.05, 4.69) is 30.2 Å². The van der Waals surface area contributed by atoms with Crippen LogP contribution in [0.1, 0.15) is 42.4 Å². The first-order chi connectivity index (χ1) is 7.45. The van der Waals surface area contributed by atoms with Crippen molar-refractivity contribution >= 4 is 0 Å². The first-order valence-corrected chi connectivity index (χ1v) is 5.77. The fourth-order valence-electron chi connectivity index (χ4n) is 2.25. The number of nitrogens with zero attached hydrogens (tertiary/aromatic N) is 1. The Bertz CT molecular complexity index is 340. The third-order valence-electron chi connectivity index (χ3n) is 2.83. The molecule has 1 rings (SSSR count). The van der Waals surface area contributed by atoms with E-state index in [0.29, 0.717) is 0 Å². The molecule has 1 heterocycles. The lowest BCUT2D eigenvalue weighted by Crippen LogP contribution is -2.32. The van der Waals surface area contributed by atoms with Crippen molar-refractivity contribution in [3.05, 3.63) is 28.6 Å². The first-order valence-electron chi connectivity index (χ1n) is 5.77. The Morgan fingerprint density at radius 2 is 1.94 bits per heavy atom. The molecule has 0 spiro atoms. The van der Waals surface area contributed by atoms with Crippen LogP contribution in [0, 0.1) is 20.8 Å². The van der Waals surface area contributed by atoms with E-state index in [-0.39, 0.29) is 18.7 Å². The zero-order chi connectivity index (χ0) is 12.3. The van der Waals surface area contributed by atoms with Gasteiger partial charge < -0.3 is 10.4 Å². The summed E-state index contributed by atoms with van der Waals surface area (Å²) in [7, 11) is 0. The van der Waals surface area contributed by atoms with Crippen molar-refractivity contribution in [2.45, 2.75) is 46.7 Å². The topological polar surface area (TPSA) is 45.1 Å². The maximum Gasteiger partial charge on any atom is 0.0582 e. The lowest BCUT2D eigenvalue weighted by Gasteiger charge is -2.22. The molecule has 1 aromatic heterocycles. The van der Waals surface area contributed by atoms with E-state index in [0.717, 1.165) is 11.4 Å². The molecular weight excluding hydrogens is 200 g/mol. The van der Waals surface area contributed by atoms with Crippen LogP contribution in [0.3, 0.4) is 0 Å². The van der Waals surface area contributed by atoms with Gasteiger partial charge in [-0.25, -0.2) is 0 Å². The van der Waals surface area contributed by atoms with Gasteiger partial charge in [-0.15, -0.1) is 0 Å². The Kier molecular flexibility index (Phi) is 4.44. The highest BCUT2D eigenvalue weighted by Gasteiger charge is 2.14. The Hall–Kier alpha value is -0.930. The fourth-order valence-corrected chi connectivity index (χ4v) is 2.25. The Labute approximate surface area is 97.9 Å². The quantitative estimate of drug-likeness (QED) is 0.819. The molecule has 2 N–H and O–H groups in total. The molecule has 3 nitrogen and oxygen atoms in total. The van der Waals surface area contributed by atoms with Gasteiger partial charge in [0, 0.05) is 23.5 Å². The number of aliphatic hydroxyl groups excluding tert-OH is 1. The molecule has 0 amide bonds. The van der Waals surface area contributed by atoms with Gasteiger partial charge in [-0.2, -0.15) is 0 Å². The lowest BCUT2D eigenvalue weighted by molar-refractivity contribution is 0.243. The Balaban J connectivity index is 2.95. The van der Waals surface area contributed by atoms with Gasteiger partial charge >= 0.3 is 0 Å². The van der Waals surface area contributed by atoms with Crippen molar-refractivity contribution in [3.8, 4) is 0 Å². The molecule has 3 heteroatoms. The first kappa shape index (κ1) is 13.1. The van der Waals surface area contributed by atoms with Gasteiger partial charge in [0.1, 0.15) is 0 Å². The maximum absolute atomic E-state index is 9.04. The SMILES string of the molecule is Cc1cc(C)c(C(C)NC(C)CO)c(C)n1. The average Bonchev–Trinajstić information content (AvgIpc) is 2.15. The molecule has 0 radical (unpaired) electrons. The summed E-state index contributed by atoms with van der Waals surface area (Å²) >= 11 is 0. The third kappa shape index (κ3) is 3.03. The number of rotatable bonds is 4. The predicted octanol–water partition coefficient (Wildman–Crippen LogP) is 2.04. The fraction of sp³-hybridized carbons (Fsp3) is 0.615. The number of aryl methyl sites for hydroxylation is 3. The largest absolute Gasteiger partial charge is 0.395 e. The van der Waals surface area contributed by atoms with Gasteiger partial charge in [-0.1, -0.05) is 0 Å². The number of aliphatic hydroxyl groups is 1. The van der Waals surface area contributed by atoms with E-state index in [1.54, 1.807) is 0 Å². The van der Waals surface area contributed by atoms with Crippen LogP contribution in [0.5, 0.6) is 0 Å². The van der Waals surface area contributed by atoms with Crippen molar-refractivity contribution in [1.29, 1.82) is 0 Å². The lowest BCUT2D eigenvalue weighted by atomic mass is 10.00. The molecule has 90 valence electrons. The summed E-state index contributed by atoms with van der Waals surface area (Å²) in [5.41, 5.74) is 4.63. The molecule has 0 saturated heterocycles. The van der Waals surface area contributed by atoms with E-state index in [9.17, 15) is 0 Å². The summed E-state index contributed by atoms with van der Waals surface area (Å²) in [6.07, 6.45) is 0. The van der Waals surface area contributed by atoms with E-state index in [1.807, 2.05) is 20.8 Å². The highest BCUT2D eigenvalue weighted by atomic mass is 16.3. The van der Waals surface area contributed by atoms with Crippen molar-refractivity contribution in [3.63, 3.8) is 0 Å². The standard InChI is InChI=1S/C13H22N2O/c1-8-6-9(2)14-11(4)13(8)12(5)15-10(3)7-16/h6,10,12,15-16H,7H2,1-5H3. The molecule has 0 aliphatic carbocycles.